The molecule has 2 N–H and O–H groups in total. The monoisotopic (exact) mass is 264 g/mol. The van der Waals surface area contributed by atoms with E-state index in [1.807, 2.05) is 13.1 Å². The van der Waals surface area contributed by atoms with Gasteiger partial charge in [-0.1, -0.05) is 26.8 Å². The Morgan fingerprint density at radius 3 is 2.53 bits per heavy atom. The van der Waals surface area contributed by atoms with Crippen LogP contribution in [0.4, 0.5) is 0 Å². The summed E-state index contributed by atoms with van der Waals surface area (Å²) in [5, 5.41) is 12.1. The Labute approximate surface area is 115 Å². The lowest BCUT2D eigenvalue weighted by molar-refractivity contribution is -0.119. The van der Waals surface area contributed by atoms with Crippen molar-refractivity contribution in [1.82, 2.24) is 10.3 Å². The van der Waals surface area contributed by atoms with Crippen molar-refractivity contribution in [1.29, 1.82) is 0 Å². The molecule has 4 heteroatoms. The Balaban J connectivity index is 2.77. The van der Waals surface area contributed by atoms with Crippen molar-refractivity contribution in [3.05, 3.63) is 29.1 Å². The maximum Gasteiger partial charge on any atom is 0.149 e. The summed E-state index contributed by atoms with van der Waals surface area (Å²) < 4.78 is 0. The van der Waals surface area contributed by atoms with E-state index < -0.39 is 6.04 Å². The van der Waals surface area contributed by atoms with Gasteiger partial charge in [0.25, 0.3) is 0 Å². The number of aryl methyl sites for hydroxylation is 1. The van der Waals surface area contributed by atoms with Gasteiger partial charge in [0.05, 0.1) is 12.6 Å². The van der Waals surface area contributed by atoms with Crippen molar-refractivity contribution in [3.8, 4) is 0 Å². The van der Waals surface area contributed by atoms with Crippen molar-refractivity contribution >= 4 is 5.78 Å². The Kier molecular flexibility index (Phi) is 5.20. The molecule has 0 aliphatic carbocycles. The summed E-state index contributed by atoms with van der Waals surface area (Å²) in [4.78, 5) is 15.7. The molecule has 1 aromatic heterocycles. The highest BCUT2D eigenvalue weighted by Crippen LogP contribution is 2.23. The minimum Gasteiger partial charge on any atom is -0.394 e. The normalized spacial score (nSPS) is 13.4. The fraction of sp³-hybridized carbons (Fsp3) is 0.600. The first-order chi connectivity index (χ1) is 8.75. The minimum absolute atomic E-state index is 0.0308. The van der Waals surface area contributed by atoms with Crippen molar-refractivity contribution in [2.75, 3.05) is 6.61 Å². The summed E-state index contributed by atoms with van der Waals surface area (Å²) in [6.07, 6.45) is 1.83. The van der Waals surface area contributed by atoms with Crippen molar-refractivity contribution < 1.29 is 9.90 Å². The van der Waals surface area contributed by atoms with Crippen LogP contribution in [0, 0.1) is 6.92 Å². The number of rotatable bonds is 5. The molecule has 0 saturated heterocycles. The van der Waals surface area contributed by atoms with Gasteiger partial charge in [-0.3, -0.25) is 9.78 Å². The first kappa shape index (κ1) is 15.8. The first-order valence-corrected chi connectivity index (χ1v) is 6.56. The van der Waals surface area contributed by atoms with E-state index in [9.17, 15) is 4.79 Å². The number of aliphatic hydroxyl groups is 1. The second-order valence-corrected chi connectivity index (χ2v) is 5.99. The second-order valence-electron chi connectivity index (χ2n) is 5.99. The molecule has 1 heterocycles. The lowest BCUT2D eigenvalue weighted by atomic mass is 9.88. The predicted octanol–water partition coefficient (Wildman–Crippen LogP) is 1.73. The third kappa shape index (κ3) is 4.40. The number of ketones is 1. The van der Waals surface area contributed by atoms with Crippen LogP contribution in [-0.4, -0.2) is 28.5 Å². The highest BCUT2D eigenvalue weighted by Gasteiger charge is 2.18. The molecule has 0 aliphatic rings. The van der Waals surface area contributed by atoms with E-state index in [1.165, 1.54) is 6.92 Å². The van der Waals surface area contributed by atoms with Gasteiger partial charge in [-0.15, -0.1) is 0 Å². The molecule has 106 valence electrons. The number of aliphatic hydroxyl groups excluding tert-OH is 1. The van der Waals surface area contributed by atoms with E-state index >= 15 is 0 Å². The van der Waals surface area contributed by atoms with Gasteiger partial charge in [0, 0.05) is 23.9 Å². The third-order valence-electron chi connectivity index (χ3n) is 3.07. The van der Waals surface area contributed by atoms with E-state index in [1.54, 1.807) is 0 Å². The van der Waals surface area contributed by atoms with Crippen LogP contribution in [0.15, 0.2) is 12.3 Å². The molecule has 0 bridgehead atoms. The number of hydrogen-bond acceptors (Lipinski definition) is 4. The lowest BCUT2D eigenvalue weighted by Crippen LogP contribution is -2.38. The van der Waals surface area contributed by atoms with Gasteiger partial charge in [0.2, 0.25) is 0 Å². The summed E-state index contributed by atoms with van der Waals surface area (Å²) in [6, 6.07) is 1.58. The van der Waals surface area contributed by atoms with Gasteiger partial charge in [-0.05, 0) is 25.0 Å². The number of carbonyl (C=O) groups is 1. The number of Topliss-reactive ketones (excluding diaryl/α,β-unsaturated/α-hetero) is 1. The molecule has 0 aliphatic heterocycles. The smallest absolute Gasteiger partial charge is 0.149 e. The summed E-state index contributed by atoms with van der Waals surface area (Å²) in [6.45, 7) is 10.3. The Morgan fingerprint density at radius 1 is 1.47 bits per heavy atom. The molecular weight excluding hydrogens is 240 g/mol. The van der Waals surface area contributed by atoms with Gasteiger partial charge < -0.3 is 10.4 Å². The SMILES string of the molecule is CC(=O)C(CO)NCc1cnc(C(C)(C)C)c(C)c1. The third-order valence-corrected chi connectivity index (χ3v) is 3.07. The summed E-state index contributed by atoms with van der Waals surface area (Å²) in [5.41, 5.74) is 3.28. The van der Waals surface area contributed by atoms with E-state index in [0.29, 0.717) is 6.54 Å². The average molecular weight is 264 g/mol. The molecule has 1 rings (SSSR count). The topological polar surface area (TPSA) is 62.2 Å². The van der Waals surface area contributed by atoms with Gasteiger partial charge in [-0.25, -0.2) is 0 Å². The van der Waals surface area contributed by atoms with Crippen LogP contribution in [0.25, 0.3) is 0 Å². The molecular formula is C15H24N2O2. The second kappa shape index (κ2) is 6.26. The summed E-state index contributed by atoms with van der Waals surface area (Å²) in [5.74, 6) is -0.0570. The van der Waals surface area contributed by atoms with E-state index in [0.717, 1.165) is 16.8 Å². The molecule has 1 unspecified atom stereocenters. The summed E-state index contributed by atoms with van der Waals surface area (Å²) in [7, 11) is 0. The fourth-order valence-electron chi connectivity index (χ4n) is 2.09. The summed E-state index contributed by atoms with van der Waals surface area (Å²) >= 11 is 0. The molecule has 1 aromatic rings. The van der Waals surface area contributed by atoms with Crippen LogP contribution in [-0.2, 0) is 16.8 Å². The number of hydrogen-bond donors (Lipinski definition) is 2. The Hall–Kier alpha value is -1.26. The Morgan fingerprint density at radius 2 is 2.11 bits per heavy atom. The van der Waals surface area contributed by atoms with Crippen LogP contribution in [0.1, 0.15) is 44.5 Å². The van der Waals surface area contributed by atoms with E-state index in [2.05, 4.69) is 37.1 Å². The van der Waals surface area contributed by atoms with Gasteiger partial charge in [0.1, 0.15) is 5.78 Å². The zero-order chi connectivity index (χ0) is 14.6. The largest absolute Gasteiger partial charge is 0.394 e. The van der Waals surface area contributed by atoms with Crippen LogP contribution >= 0.6 is 0 Å². The molecule has 0 saturated carbocycles. The zero-order valence-corrected chi connectivity index (χ0v) is 12.4. The van der Waals surface area contributed by atoms with Crippen LogP contribution in [0.5, 0.6) is 0 Å². The maximum absolute atomic E-state index is 11.2. The maximum atomic E-state index is 11.2. The van der Waals surface area contributed by atoms with Crippen LogP contribution in [0.3, 0.4) is 0 Å². The molecule has 0 spiro atoms. The van der Waals surface area contributed by atoms with E-state index in [-0.39, 0.29) is 17.8 Å². The fourth-order valence-corrected chi connectivity index (χ4v) is 2.09. The number of carbonyl (C=O) groups excluding carboxylic acids is 1. The number of pyridine rings is 1. The van der Waals surface area contributed by atoms with Gasteiger partial charge in [-0.2, -0.15) is 0 Å². The molecule has 4 nitrogen and oxygen atoms in total. The van der Waals surface area contributed by atoms with Crippen LogP contribution in [0.2, 0.25) is 0 Å². The highest BCUT2D eigenvalue weighted by atomic mass is 16.3. The number of nitrogens with one attached hydrogen (secondary N) is 1. The van der Waals surface area contributed by atoms with Gasteiger partial charge in [0.15, 0.2) is 0 Å². The van der Waals surface area contributed by atoms with Crippen molar-refractivity contribution in [2.45, 2.75) is 52.6 Å². The molecule has 1 atom stereocenters. The molecule has 0 radical (unpaired) electrons. The molecule has 0 fully saturated rings. The molecule has 19 heavy (non-hydrogen) atoms. The molecule has 0 aromatic carbocycles. The average Bonchev–Trinajstić information content (AvgIpc) is 2.27. The van der Waals surface area contributed by atoms with Crippen LogP contribution < -0.4 is 5.32 Å². The molecule has 0 amide bonds. The predicted molar refractivity (Wildman–Crippen MR) is 76.1 cm³/mol. The standard InChI is InChI=1S/C15H24N2O2/c1-10-6-12(7-16-13(9-18)11(2)19)8-17-14(10)15(3,4)5/h6,8,13,16,18H,7,9H2,1-5H3. The number of aromatic nitrogens is 1. The van der Waals surface area contributed by atoms with Crippen molar-refractivity contribution in [3.63, 3.8) is 0 Å². The zero-order valence-electron chi connectivity index (χ0n) is 12.4. The van der Waals surface area contributed by atoms with Crippen molar-refractivity contribution in [2.24, 2.45) is 0 Å². The lowest BCUT2D eigenvalue weighted by Gasteiger charge is -2.21. The quantitative estimate of drug-likeness (QED) is 0.850. The highest BCUT2D eigenvalue weighted by molar-refractivity contribution is 5.81. The van der Waals surface area contributed by atoms with E-state index in [4.69, 9.17) is 5.11 Å². The Bertz CT molecular complexity index is 450. The number of nitrogens with zero attached hydrogens (tertiary/aromatic N) is 1. The first-order valence-electron chi connectivity index (χ1n) is 6.56. The van der Waals surface area contributed by atoms with Gasteiger partial charge >= 0.3 is 0 Å². The minimum atomic E-state index is -0.498.